The fraction of sp³-hybridized carbons (Fsp3) is 0.474. The van der Waals surface area contributed by atoms with Gasteiger partial charge in [0, 0.05) is 25.3 Å². The van der Waals surface area contributed by atoms with Gasteiger partial charge in [0.1, 0.15) is 5.82 Å². The predicted octanol–water partition coefficient (Wildman–Crippen LogP) is 2.24. The zero-order valence-electron chi connectivity index (χ0n) is 15.1. The van der Waals surface area contributed by atoms with Gasteiger partial charge in [-0.3, -0.25) is 9.48 Å². The van der Waals surface area contributed by atoms with Crippen molar-refractivity contribution in [3.63, 3.8) is 0 Å². The largest absolute Gasteiger partial charge is 0.332 e. The van der Waals surface area contributed by atoms with Gasteiger partial charge in [0.25, 0.3) is 0 Å². The first-order chi connectivity index (χ1) is 11.9. The maximum Gasteiger partial charge on any atom is 0.227 e. The Kier molecular flexibility index (Phi) is 5.18. The van der Waals surface area contributed by atoms with Crippen LogP contribution in [0.15, 0.2) is 30.5 Å². The average Bonchev–Trinajstić information content (AvgIpc) is 2.92. The third kappa shape index (κ3) is 4.07. The Labute approximate surface area is 148 Å². The van der Waals surface area contributed by atoms with Crippen molar-refractivity contribution in [1.82, 2.24) is 19.6 Å². The molecule has 0 aliphatic carbocycles. The van der Waals surface area contributed by atoms with E-state index in [-0.39, 0.29) is 17.8 Å². The van der Waals surface area contributed by atoms with Crippen LogP contribution in [0.4, 0.5) is 4.39 Å². The molecule has 0 saturated heterocycles. The Morgan fingerprint density at radius 3 is 2.88 bits per heavy atom. The molecule has 0 radical (unpaired) electrons. The molecule has 5 nitrogen and oxygen atoms in total. The Morgan fingerprint density at radius 2 is 2.16 bits per heavy atom. The van der Waals surface area contributed by atoms with E-state index in [9.17, 15) is 9.18 Å². The van der Waals surface area contributed by atoms with Crippen LogP contribution < -0.4 is 0 Å². The molecule has 0 N–H and O–H groups in total. The predicted molar refractivity (Wildman–Crippen MR) is 94.6 cm³/mol. The number of fused-ring (bicyclic) bond motifs is 1. The number of rotatable bonds is 4. The van der Waals surface area contributed by atoms with E-state index in [0.717, 1.165) is 36.3 Å². The van der Waals surface area contributed by atoms with E-state index in [1.165, 1.54) is 12.1 Å². The quantitative estimate of drug-likeness (QED) is 0.854. The Balaban J connectivity index is 1.82. The van der Waals surface area contributed by atoms with Crippen molar-refractivity contribution in [3.05, 3.63) is 53.1 Å². The number of hydrogen-bond donors (Lipinski definition) is 0. The number of benzene rings is 1. The van der Waals surface area contributed by atoms with Crippen molar-refractivity contribution in [2.24, 2.45) is 0 Å². The highest BCUT2D eigenvalue weighted by Crippen LogP contribution is 2.20. The first kappa shape index (κ1) is 17.6. The molecule has 1 aromatic heterocycles. The smallest absolute Gasteiger partial charge is 0.227 e. The molecule has 25 heavy (non-hydrogen) atoms. The number of carbonyl (C=O) groups excluding carboxylic acids is 1. The summed E-state index contributed by atoms with van der Waals surface area (Å²) in [5.41, 5.74) is 2.76. The summed E-state index contributed by atoms with van der Waals surface area (Å²) in [6.07, 6.45) is 2.96. The molecule has 6 heteroatoms. The van der Waals surface area contributed by atoms with Crippen molar-refractivity contribution in [3.8, 4) is 0 Å². The van der Waals surface area contributed by atoms with Crippen LogP contribution in [0.2, 0.25) is 0 Å². The van der Waals surface area contributed by atoms with E-state index >= 15 is 0 Å². The number of nitrogens with zero attached hydrogens (tertiary/aromatic N) is 4. The van der Waals surface area contributed by atoms with Crippen LogP contribution in [0, 0.1) is 12.7 Å². The first-order valence-corrected chi connectivity index (χ1v) is 8.64. The van der Waals surface area contributed by atoms with Gasteiger partial charge in [0.15, 0.2) is 0 Å². The van der Waals surface area contributed by atoms with Gasteiger partial charge in [-0.05, 0) is 56.8 Å². The topological polar surface area (TPSA) is 41.4 Å². The van der Waals surface area contributed by atoms with Crippen molar-refractivity contribution in [2.75, 3.05) is 20.6 Å². The lowest BCUT2D eigenvalue weighted by atomic mass is 10.0. The van der Waals surface area contributed by atoms with Crippen molar-refractivity contribution >= 4 is 5.91 Å². The van der Waals surface area contributed by atoms with Crippen LogP contribution in [0.25, 0.3) is 0 Å². The Bertz CT molecular complexity index is 756. The highest BCUT2D eigenvalue weighted by Gasteiger charge is 2.28. The molecule has 0 saturated carbocycles. The lowest BCUT2D eigenvalue weighted by Gasteiger charge is -2.32. The van der Waals surface area contributed by atoms with Crippen LogP contribution in [-0.2, 0) is 24.3 Å². The van der Waals surface area contributed by atoms with Gasteiger partial charge in [-0.2, -0.15) is 5.10 Å². The summed E-state index contributed by atoms with van der Waals surface area (Å²) in [4.78, 5) is 17.1. The van der Waals surface area contributed by atoms with E-state index in [1.807, 2.05) is 36.7 Å². The average molecular weight is 344 g/mol. The SMILES string of the molecule is Cc1cc(F)ccc1CC(=O)N1Cc2ccnn2CC[C@@H]1CN(C)C. The molecule has 1 aromatic carbocycles. The zero-order chi connectivity index (χ0) is 18.0. The number of aromatic nitrogens is 2. The highest BCUT2D eigenvalue weighted by molar-refractivity contribution is 5.79. The number of carbonyl (C=O) groups is 1. The van der Waals surface area contributed by atoms with Crippen molar-refractivity contribution in [1.29, 1.82) is 0 Å². The summed E-state index contributed by atoms with van der Waals surface area (Å²) in [5.74, 6) is -0.186. The molecular formula is C19H25FN4O. The molecular weight excluding hydrogens is 319 g/mol. The minimum absolute atomic E-state index is 0.0798. The van der Waals surface area contributed by atoms with Gasteiger partial charge < -0.3 is 9.80 Å². The molecule has 0 spiro atoms. The third-order valence-corrected chi connectivity index (χ3v) is 4.79. The molecule has 2 heterocycles. The molecule has 134 valence electrons. The number of aryl methyl sites for hydroxylation is 2. The van der Waals surface area contributed by atoms with Crippen LogP contribution >= 0.6 is 0 Å². The minimum Gasteiger partial charge on any atom is -0.332 e. The van der Waals surface area contributed by atoms with Gasteiger partial charge in [0.2, 0.25) is 5.91 Å². The Morgan fingerprint density at radius 1 is 1.36 bits per heavy atom. The lowest BCUT2D eigenvalue weighted by Crippen LogP contribution is -2.45. The van der Waals surface area contributed by atoms with Gasteiger partial charge in [-0.1, -0.05) is 6.07 Å². The fourth-order valence-electron chi connectivity index (χ4n) is 3.45. The molecule has 0 bridgehead atoms. The maximum absolute atomic E-state index is 13.3. The summed E-state index contributed by atoms with van der Waals surface area (Å²) in [5, 5.41) is 4.36. The number of amides is 1. The van der Waals surface area contributed by atoms with Crippen molar-refractivity contribution < 1.29 is 9.18 Å². The van der Waals surface area contributed by atoms with Gasteiger partial charge >= 0.3 is 0 Å². The van der Waals surface area contributed by atoms with Crippen LogP contribution in [0.1, 0.15) is 23.2 Å². The second-order valence-electron chi connectivity index (χ2n) is 7.02. The molecule has 1 aliphatic heterocycles. The summed E-state index contributed by atoms with van der Waals surface area (Å²) in [6, 6.07) is 6.74. The van der Waals surface area contributed by atoms with Crippen LogP contribution in [0.5, 0.6) is 0 Å². The lowest BCUT2D eigenvalue weighted by molar-refractivity contribution is -0.133. The number of hydrogen-bond acceptors (Lipinski definition) is 3. The third-order valence-electron chi connectivity index (χ3n) is 4.79. The van der Waals surface area contributed by atoms with E-state index in [1.54, 1.807) is 12.3 Å². The fourth-order valence-corrected chi connectivity index (χ4v) is 3.45. The zero-order valence-corrected chi connectivity index (χ0v) is 15.1. The second-order valence-corrected chi connectivity index (χ2v) is 7.02. The monoisotopic (exact) mass is 344 g/mol. The first-order valence-electron chi connectivity index (χ1n) is 8.64. The highest BCUT2D eigenvalue weighted by atomic mass is 19.1. The number of likely N-dealkylation sites (N-methyl/N-ethyl adjacent to an activating group) is 1. The molecule has 0 fully saturated rings. The van der Waals surface area contributed by atoms with Crippen molar-refractivity contribution in [2.45, 2.75) is 38.9 Å². The molecule has 1 atom stereocenters. The molecule has 2 aromatic rings. The summed E-state index contributed by atoms with van der Waals surface area (Å²) >= 11 is 0. The Hall–Kier alpha value is -2.21. The maximum atomic E-state index is 13.3. The van der Waals surface area contributed by atoms with Gasteiger partial charge in [-0.25, -0.2) is 4.39 Å². The van der Waals surface area contributed by atoms with E-state index in [0.29, 0.717) is 13.0 Å². The van der Waals surface area contributed by atoms with E-state index < -0.39 is 0 Å². The molecule has 1 aliphatic rings. The van der Waals surface area contributed by atoms with E-state index in [4.69, 9.17) is 0 Å². The van der Waals surface area contributed by atoms with Gasteiger partial charge in [-0.15, -0.1) is 0 Å². The van der Waals surface area contributed by atoms with E-state index in [2.05, 4.69) is 10.00 Å². The van der Waals surface area contributed by atoms with Gasteiger partial charge in [0.05, 0.1) is 18.7 Å². The number of halogens is 1. The normalized spacial score (nSPS) is 17.5. The minimum atomic E-state index is -0.266. The summed E-state index contributed by atoms with van der Waals surface area (Å²) in [7, 11) is 4.05. The molecule has 1 amide bonds. The molecule has 0 unspecified atom stereocenters. The summed E-state index contributed by atoms with van der Waals surface area (Å²) < 4.78 is 15.3. The van der Waals surface area contributed by atoms with Crippen LogP contribution in [-0.4, -0.2) is 52.2 Å². The second kappa shape index (κ2) is 7.35. The summed E-state index contributed by atoms with van der Waals surface area (Å²) in [6.45, 7) is 4.05. The van der Waals surface area contributed by atoms with Crippen LogP contribution in [0.3, 0.4) is 0 Å². The standard InChI is InChI=1S/C19H25FN4O/c1-14-10-16(20)5-4-15(14)11-19(25)23-13-18-6-8-21-24(18)9-7-17(23)12-22(2)3/h4-6,8,10,17H,7,9,11-13H2,1-3H3/t17-/m1/s1. The molecule has 3 rings (SSSR count).